The smallest absolute Gasteiger partial charge is 0.237 e. The molecule has 32 heavy (non-hydrogen) atoms. The lowest BCUT2D eigenvalue weighted by atomic mass is 10.3. The van der Waals surface area contributed by atoms with E-state index in [4.69, 9.17) is 27.9 Å². The normalized spacial score (nSPS) is 14.9. The van der Waals surface area contributed by atoms with Crippen molar-refractivity contribution in [2.24, 2.45) is 0 Å². The molecule has 168 valence electrons. The fourth-order valence-corrected chi connectivity index (χ4v) is 4.39. The molecule has 0 aliphatic carbocycles. The van der Waals surface area contributed by atoms with Gasteiger partial charge in [-0.1, -0.05) is 41.0 Å². The molecule has 3 aromatic rings. The molecule has 1 fully saturated rings. The van der Waals surface area contributed by atoms with Crippen LogP contribution in [-0.4, -0.2) is 52.2 Å². The van der Waals surface area contributed by atoms with E-state index in [0.29, 0.717) is 58.8 Å². The number of morpholine rings is 1. The van der Waals surface area contributed by atoms with E-state index in [1.807, 2.05) is 4.90 Å². The number of rotatable bonds is 6. The number of nitrogens with one attached hydrogen (secondary N) is 1. The molecule has 1 amide bonds. The number of halogens is 3. The third kappa shape index (κ3) is 5.17. The highest BCUT2D eigenvalue weighted by atomic mass is 35.5. The van der Waals surface area contributed by atoms with Crippen molar-refractivity contribution in [3.05, 3.63) is 58.3 Å². The number of amides is 1. The minimum Gasteiger partial charge on any atom is -0.378 e. The number of benzene rings is 2. The molecule has 11 heteroatoms. The van der Waals surface area contributed by atoms with Crippen LogP contribution in [0.2, 0.25) is 10.0 Å². The van der Waals surface area contributed by atoms with Gasteiger partial charge in [0.05, 0.1) is 34.9 Å². The molecule has 1 N–H and O–H groups in total. The number of nitrogens with zero attached hydrogens (tertiary/aromatic N) is 4. The Balaban J connectivity index is 1.60. The molecule has 0 spiro atoms. The molecule has 0 radical (unpaired) electrons. The summed E-state index contributed by atoms with van der Waals surface area (Å²) in [5.41, 5.74) is 1.00. The van der Waals surface area contributed by atoms with Crippen molar-refractivity contribution < 1.29 is 13.9 Å². The van der Waals surface area contributed by atoms with Gasteiger partial charge < -0.3 is 15.0 Å². The molecule has 2 heterocycles. The van der Waals surface area contributed by atoms with Crippen LogP contribution in [0.1, 0.15) is 6.92 Å². The molecule has 0 saturated carbocycles. The monoisotopic (exact) mass is 495 g/mol. The third-order valence-electron chi connectivity index (χ3n) is 4.81. The van der Waals surface area contributed by atoms with E-state index in [9.17, 15) is 9.18 Å². The van der Waals surface area contributed by atoms with Crippen LogP contribution < -0.4 is 10.2 Å². The predicted molar refractivity (Wildman–Crippen MR) is 125 cm³/mol. The molecule has 0 bridgehead atoms. The molecule has 2 aromatic carbocycles. The molecule has 1 saturated heterocycles. The van der Waals surface area contributed by atoms with Gasteiger partial charge in [-0.3, -0.25) is 9.36 Å². The van der Waals surface area contributed by atoms with E-state index in [-0.39, 0.29) is 11.7 Å². The Morgan fingerprint density at radius 1 is 1.19 bits per heavy atom. The van der Waals surface area contributed by atoms with Gasteiger partial charge in [0.2, 0.25) is 11.9 Å². The van der Waals surface area contributed by atoms with Gasteiger partial charge >= 0.3 is 0 Å². The zero-order chi connectivity index (χ0) is 22.7. The van der Waals surface area contributed by atoms with E-state index in [1.54, 1.807) is 41.8 Å². The van der Waals surface area contributed by atoms with Crippen LogP contribution >= 0.6 is 35.0 Å². The van der Waals surface area contributed by atoms with Gasteiger partial charge in [0.1, 0.15) is 5.82 Å². The summed E-state index contributed by atoms with van der Waals surface area (Å²) in [7, 11) is 0. The summed E-state index contributed by atoms with van der Waals surface area (Å²) in [6, 6.07) is 11.0. The summed E-state index contributed by atoms with van der Waals surface area (Å²) in [5, 5.41) is 12.2. The maximum atomic E-state index is 14.0. The van der Waals surface area contributed by atoms with Crippen LogP contribution in [0.25, 0.3) is 5.69 Å². The summed E-state index contributed by atoms with van der Waals surface area (Å²) in [6.07, 6.45) is 0. The summed E-state index contributed by atoms with van der Waals surface area (Å²) >= 11 is 13.4. The Labute approximate surface area is 198 Å². The first-order valence-corrected chi connectivity index (χ1v) is 11.5. The molecule has 1 aliphatic heterocycles. The van der Waals surface area contributed by atoms with Crippen molar-refractivity contribution in [1.29, 1.82) is 0 Å². The lowest BCUT2D eigenvalue weighted by Crippen LogP contribution is -2.38. The Morgan fingerprint density at radius 3 is 2.72 bits per heavy atom. The lowest BCUT2D eigenvalue weighted by molar-refractivity contribution is -0.115. The van der Waals surface area contributed by atoms with Gasteiger partial charge in [0, 0.05) is 18.1 Å². The topological polar surface area (TPSA) is 72.3 Å². The SMILES string of the molecule is CC(Sc1nnc(N2CCOCC2)n1-c1cccc(F)c1)C(=O)Nc1cc(Cl)ccc1Cl. The van der Waals surface area contributed by atoms with Crippen LogP contribution in [0.3, 0.4) is 0 Å². The van der Waals surface area contributed by atoms with Gasteiger partial charge in [-0.2, -0.15) is 0 Å². The third-order valence-corrected chi connectivity index (χ3v) is 6.42. The minimum absolute atomic E-state index is 0.277. The number of anilines is 2. The van der Waals surface area contributed by atoms with Crippen LogP contribution in [0.4, 0.5) is 16.0 Å². The summed E-state index contributed by atoms with van der Waals surface area (Å²) in [6.45, 7) is 4.16. The second-order valence-corrected chi connectivity index (χ2v) is 9.22. The quantitative estimate of drug-likeness (QED) is 0.501. The maximum absolute atomic E-state index is 14.0. The van der Waals surface area contributed by atoms with Crippen LogP contribution in [0, 0.1) is 5.82 Å². The molecule has 1 aromatic heterocycles. The van der Waals surface area contributed by atoms with E-state index < -0.39 is 5.25 Å². The van der Waals surface area contributed by atoms with Gasteiger partial charge in [-0.25, -0.2) is 4.39 Å². The average molecular weight is 496 g/mol. The van der Waals surface area contributed by atoms with Crippen LogP contribution in [0.15, 0.2) is 47.6 Å². The van der Waals surface area contributed by atoms with Crippen LogP contribution in [0.5, 0.6) is 0 Å². The molecule has 4 rings (SSSR count). The predicted octanol–water partition coefficient (Wildman–Crippen LogP) is 4.67. The van der Waals surface area contributed by atoms with Crippen molar-refractivity contribution in [2.75, 3.05) is 36.5 Å². The summed E-state index contributed by atoms with van der Waals surface area (Å²) in [5.74, 6) is -0.0748. The highest BCUT2D eigenvalue weighted by Gasteiger charge is 2.25. The Hall–Kier alpha value is -2.33. The zero-order valence-corrected chi connectivity index (χ0v) is 19.4. The fraction of sp³-hybridized carbons (Fsp3) is 0.286. The summed E-state index contributed by atoms with van der Waals surface area (Å²) < 4.78 is 21.2. The Kier molecular flexibility index (Phi) is 7.20. The van der Waals surface area contributed by atoms with E-state index in [1.165, 1.54) is 23.9 Å². The second kappa shape index (κ2) is 10.1. The van der Waals surface area contributed by atoms with Crippen molar-refractivity contribution in [3.63, 3.8) is 0 Å². The highest BCUT2D eigenvalue weighted by Crippen LogP contribution is 2.31. The minimum atomic E-state index is -0.543. The van der Waals surface area contributed by atoms with Gasteiger partial charge in [-0.15, -0.1) is 10.2 Å². The van der Waals surface area contributed by atoms with Crippen molar-refractivity contribution >= 4 is 52.5 Å². The lowest BCUT2D eigenvalue weighted by Gasteiger charge is -2.28. The Bertz CT molecular complexity index is 1120. The second-order valence-electron chi connectivity index (χ2n) is 7.07. The highest BCUT2D eigenvalue weighted by molar-refractivity contribution is 8.00. The summed E-state index contributed by atoms with van der Waals surface area (Å²) in [4.78, 5) is 14.8. The maximum Gasteiger partial charge on any atom is 0.237 e. The zero-order valence-electron chi connectivity index (χ0n) is 17.1. The first-order chi connectivity index (χ1) is 15.4. The standard InChI is InChI=1S/C21H20Cl2FN5O2S/c1-13(19(30)25-18-11-14(22)5-6-17(18)23)32-21-27-26-20(28-7-9-31-10-8-28)29(21)16-4-2-3-15(24)12-16/h2-6,11-13H,7-10H2,1H3,(H,25,30). The van der Waals surface area contributed by atoms with Crippen LogP contribution in [-0.2, 0) is 9.53 Å². The Morgan fingerprint density at radius 2 is 1.97 bits per heavy atom. The molecule has 1 aliphatic rings. The first-order valence-electron chi connectivity index (χ1n) is 9.89. The number of hydrogen-bond acceptors (Lipinski definition) is 6. The number of carbonyl (C=O) groups is 1. The first kappa shape index (κ1) is 22.8. The van der Waals surface area contributed by atoms with Gasteiger partial charge in [-0.05, 0) is 43.3 Å². The molecular weight excluding hydrogens is 476 g/mol. The molecular formula is C21H20Cl2FN5O2S. The molecule has 7 nitrogen and oxygen atoms in total. The number of carbonyl (C=O) groups excluding carboxylic acids is 1. The molecule has 1 unspecified atom stereocenters. The van der Waals surface area contributed by atoms with Crippen molar-refractivity contribution in [1.82, 2.24) is 14.8 Å². The van der Waals surface area contributed by atoms with Gasteiger partial charge in [0.25, 0.3) is 0 Å². The van der Waals surface area contributed by atoms with Gasteiger partial charge in [0.15, 0.2) is 5.16 Å². The molecule has 1 atom stereocenters. The number of ether oxygens (including phenoxy) is 1. The van der Waals surface area contributed by atoms with Crippen molar-refractivity contribution in [2.45, 2.75) is 17.3 Å². The van der Waals surface area contributed by atoms with E-state index in [2.05, 4.69) is 15.5 Å². The number of aromatic nitrogens is 3. The van der Waals surface area contributed by atoms with E-state index in [0.717, 1.165) is 0 Å². The van der Waals surface area contributed by atoms with Crippen molar-refractivity contribution in [3.8, 4) is 5.69 Å². The van der Waals surface area contributed by atoms with E-state index >= 15 is 0 Å². The fourth-order valence-electron chi connectivity index (χ4n) is 3.19. The average Bonchev–Trinajstić information content (AvgIpc) is 3.20. The number of hydrogen-bond donors (Lipinski definition) is 1. The largest absolute Gasteiger partial charge is 0.378 e. The number of thioether (sulfide) groups is 1.